The number of rotatable bonds is 6. The van der Waals surface area contributed by atoms with E-state index in [0.717, 1.165) is 47.6 Å². The summed E-state index contributed by atoms with van der Waals surface area (Å²) in [6, 6.07) is 19.2. The lowest BCUT2D eigenvalue weighted by Crippen LogP contribution is -2.36. The third-order valence-corrected chi connectivity index (χ3v) is 7.66. The Morgan fingerprint density at radius 1 is 0.973 bits per heavy atom. The fourth-order valence-corrected chi connectivity index (χ4v) is 5.44. The van der Waals surface area contributed by atoms with Crippen LogP contribution in [0.3, 0.4) is 0 Å². The van der Waals surface area contributed by atoms with E-state index < -0.39 is 29.4 Å². The number of imide groups is 1. The van der Waals surface area contributed by atoms with Gasteiger partial charge in [0.2, 0.25) is 5.91 Å². The Balaban J connectivity index is 1.39. The minimum atomic E-state index is -0.551. The summed E-state index contributed by atoms with van der Waals surface area (Å²) in [6.07, 6.45) is 3.64. The summed E-state index contributed by atoms with van der Waals surface area (Å²) >= 11 is 7.77. The Kier molecular flexibility index (Phi) is 7.32. The van der Waals surface area contributed by atoms with E-state index in [0.29, 0.717) is 12.2 Å². The third-order valence-electron chi connectivity index (χ3n) is 5.73. The van der Waals surface area contributed by atoms with Crippen LogP contribution in [0.25, 0.3) is 17.0 Å². The van der Waals surface area contributed by atoms with Crippen LogP contribution in [0.2, 0.25) is 0 Å². The number of fused-ring (bicyclic) bond motifs is 1. The standard InChI is InChI=1S/C27H18Br2FN3O3S/c28-18-3-1-16(2-4-18)13-32-14-17(22-12-19(29)5-10-23(22)32)11-24-26(35)33(27(36)37-24)15-25(34)31-21-8-6-20(30)7-9-21/h1-12,14H,13,15H2,(H,31,34)/b24-11-. The van der Waals surface area contributed by atoms with Gasteiger partial charge in [0.15, 0.2) is 0 Å². The van der Waals surface area contributed by atoms with Crippen LogP contribution in [-0.4, -0.2) is 33.1 Å². The Morgan fingerprint density at radius 2 is 1.68 bits per heavy atom. The Bertz CT molecular complexity index is 1570. The lowest BCUT2D eigenvalue weighted by Gasteiger charge is -2.12. The molecule has 3 amide bonds. The van der Waals surface area contributed by atoms with Crippen molar-refractivity contribution in [2.24, 2.45) is 0 Å². The molecule has 10 heteroatoms. The third kappa shape index (κ3) is 5.71. The van der Waals surface area contributed by atoms with Crippen molar-refractivity contribution in [3.8, 4) is 0 Å². The molecule has 5 rings (SSSR count). The van der Waals surface area contributed by atoms with Crippen LogP contribution in [0.4, 0.5) is 14.9 Å². The van der Waals surface area contributed by atoms with Crippen molar-refractivity contribution in [2.75, 3.05) is 11.9 Å². The molecule has 6 nitrogen and oxygen atoms in total. The Hall–Kier alpha value is -3.21. The highest BCUT2D eigenvalue weighted by Crippen LogP contribution is 2.35. The second-order valence-electron chi connectivity index (χ2n) is 8.32. The maximum absolute atomic E-state index is 13.1. The number of amides is 3. The molecular weight excluding hydrogens is 625 g/mol. The average Bonchev–Trinajstić information content (AvgIpc) is 3.33. The lowest BCUT2D eigenvalue weighted by molar-refractivity contribution is -0.127. The van der Waals surface area contributed by atoms with Crippen molar-refractivity contribution in [3.05, 3.63) is 104 Å². The molecule has 1 fully saturated rings. The number of carbonyl (C=O) groups excluding carboxylic acids is 3. The van der Waals surface area contributed by atoms with Gasteiger partial charge >= 0.3 is 0 Å². The van der Waals surface area contributed by atoms with Gasteiger partial charge in [-0.3, -0.25) is 19.3 Å². The lowest BCUT2D eigenvalue weighted by atomic mass is 10.1. The molecule has 2 heterocycles. The molecule has 3 aromatic carbocycles. The first-order valence-corrected chi connectivity index (χ1v) is 13.5. The van der Waals surface area contributed by atoms with E-state index >= 15 is 0 Å². The van der Waals surface area contributed by atoms with Gasteiger partial charge in [-0.05, 0) is 78.0 Å². The zero-order valence-electron chi connectivity index (χ0n) is 19.1. The molecule has 0 unspecified atom stereocenters. The molecule has 4 aromatic rings. The largest absolute Gasteiger partial charge is 0.342 e. The molecule has 1 aromatic heterocycles. The SMILES string of the molecule is O=C(CN1C(=O)S/C(=C\c2cn(Cc3ccc(Br)cc3)c3ccc(Br)cc23)C1=O)Nc1ccc(F)cc1. The average molecular weight is 643 g/mol. The van der Waals surface area contributed by atoms with E-state index in [9.17, 15) is 18.8 Å². The monoisotopic (exact) mass is 641 g/mol. The number of hydrogen-bond donors (Lipinski definition) is 1. The number of anilines is 1. The zero-order chi connectivity index (χ0) is 26.1. The van der Waals surface area contributed by atoms with Crippen LogP contribution in [0.5, 0.6) is 0 Å². The quantitative estimate of drug-likeness (QED) is 0.229. The van der Waals surface area contributed by atoms with Crippen molar-refractivity contribution in [1.29, 1.82) is 0 Å². The van der Waals surface area contributed by atoms with Crippen molar-refractivity contribution in [3.63, 3.8) is 0 Å². The molecule has 1 aliphatic rings. The first-order chi connectivity index (χ1) is 17.8. The van der Waals surface area contributed by atoms with Crippen LogP contribution in [0, 0.1) is 5.82 Å². The van der Waals surface area contributed by atoms with Crippen molar-refractivity contribution < 1.29 is 18.8 Å². The normalized spacial score (nSPS) is 14.7. The highest BCUT2D eigenvalue weighted by molar-refractivity contribution is 9.10. The molecule has 1 saturated heterocycles. The van der Waals surface area contributed by atoms with Crippen molar-refractivity contribution >= 4 is 83.3 Å². The van der Waals surface area contributed by atoms with Gasteiger partial charge in [0.05, 0.1) is 4.91 Å². The summed E-state index contributed by atoms with van der Waals surface area (Å²) in [5.74, 6) is -1.52. The molecule has 0 spiro atoms. The molecule has 37 heavy (non-hydrogen) atoms. The van der Waals surface area contributed by atoms with Crippen molar-refractivity contribution in [1.82, 2.24) is 9.47 Å². The number of aromatic nitrogens is 1. The van der Waals surface area contributed by atoms with E-state index in [2.05, 4.69) is 41.7 Å². The molecule has 186 valence electrons. The topological polar surface area (TPSA) is 71.4 Å². The first-order valence-electron chi connectivity index (χ1n) is 11.1. The van der Waals surface area contributed by atoms with Gasteiger partial charge in [0, 0.05) is 43.8 Å². The predicted molar refractivity (Wildman–Crippen MR) is 151 cm³/mol. The van der Waals surface area contributed by atoms with Gasteiger partial charge in [0.1, 0.15) is 12.4 Å². The van der Waals surface area contributed by atoms with Gasteiger partial charge in [0.25, 0.3) is 11.1 Å². The van der Waals surface area contributed by atoms with E-state index in [4.69, 9.17) is 0 Å². The molecule has 0 saturated carbocycles. The zero-order valence-corrected chi connectivity index (χ0v) is 23.1. The molecule has 1 N–H and O–H groups in total. The summed E-state index contributed by atoms with van der Waals surface area (Å²) in [5, 5.41) is 2.97. The minimum absolute atomic E-state index is 0.238. The highest BCUT2D eigenvalue weighted by Gasteiger charge is 2.36. The number of nitrogens with zero attached hydrogens (tertiary/aromatic N) is 2. The molecule has 1 aliphatic heterocycles. The number of hydrogen-bond acceptors (Lipinski definition) is 4. The second-order valence-corrected chi connectivity index (χ2v) is 11.1. The number of halogens is 3. The molecular formula is C27H18Br2FN3O3S. The van der Waals surface area contributed by atoms with Crippen molar-refractivity contribution in [2.45, 2.75) is 6.54 Å². The summed E-state index contributed by atoms with van der Waals surface area (Å²) < 4.78 is 17.1. The number of thioether (sulfide) groups is 1. The maximum Gasteiger partial charge on any atom is 0.294 e. The Labute approximate surface area is 232 Å². The summed E-state index contributed by atoms with van der Waals surface area (Å²) in [6.45, 7) is 0.195. The Morgan fingerprint density at radius 3 is 2.41 bits per heavy atom. The van der Waals surface area contributed by atoms with E-state index in [1.165, 1.54) is 24.3 Å². The second kappa shape index (κ2) is 10.6. The molecule has 0 radical (unpaired) electrons. The summed E-state index contributed by atoms with van der Waals surface area (Å²) in [7, 11) is 0. The predicted octanol–water partition coefficient (Wildman–Crippen LogP) is 7.03. The van der Waals surface area contributed by atoms with Gasteiger partial charge in [-0.15, -0.1) is 0 Å². The van der Waals surface area contributed by atoms with Gasteiger partial charge in [-0.1, -0.05) is 44.0 Å². The van der Waals surface area contributed by atoms with Crippen LogP contribution in [0.15, 0.2) is 86.8 Å². The number of nitrogens with one attached hydrogen (secondary N) is 1. The summed E-state index contributed by atoms with van der Waals surface area (Å²) in [4.78, 5) is 39.2. The summed E-state index contributed by atoms with van der Waals surface area (Å²) in [5.41, 5.74) is 3.25. The minimum Gasteiger partial charge on any atom is -0.342 e. The molecule has 0 aliphatic carbocycles. The molecule has 0 bridgehead atoms. The fraction of sp³-hybridized carbons (Fsp3) is 0.0741. The van der Waals surface area contributed by atoms with Gasteiger partial charge in [-0.25, -0.2) is 4.39 Å². The highest BCUT2D eigenvalue weighted by atomic mass is 79.9. The number of carbonyl (C=O) groups is 3. The van der Waals surface area contributed by atoms with E-state index in [-0.39, 0.29) is 4.91 Å². The van der Waals surface area contributed by atoms with Gasteiger partial charge in [-0.2, -0.15) is 0 Å². The maximum atomic E-state index is 13.1. The van der Waals surface area contributed by atoms with Gasteiger partial charge < -0.3 is 9.88 Å². The van der Waals surface area contributed by atoms with Crippen LogP contribution in [0.1, 0.15) is 11.1 Å². The number of benzene rings is 3. The van der Waals surface area contributed by atoms with Crippen LogP contribution >= 0.6 is 43.6 Å². The van der Waals surface area contributed by atoms with Crippen LogP contribution in [-0.2, 0) is 16.1 Å². The fourth-order valence-electron chi connectivity index (χ4n) is 3.98. The van der Waals surface area contributed by atoms with E-state index in [1.807, 2.05) is 48.7 Å². The first kappa shape index (κ1) is 25.4. The van der Waals surface area contributed by atoms with Crippen LogP contribution < -0.4 is 5.32 Å². The smallest absolute Gasteiger partial charge is 0.294 e. The molecule has 0 atom stereocenters. The van der Waals surface area contributed by atoms with E-state index in [1.54, 1.807) is 6.08 Å².